The predicted molar refractivity (Wildman–Crippen MR) is 81.0 cm³/mol. The van der Waals surface area contributed by atoms with Crippen LogP contribution in [0.25, 0.3) is 0 Å². The Hall–Kier alpha value is -0.850. The van der Waals surface area contributed by atoms with E-state index >= 15 is 0 Å². The van der Waals surface area contributed by atoms with Crippen LogP contribution in [0.3, 0.4) is 0 Å². The van der Waals surface area contributed by atoms with E-state index in [1.54, 1.807) is 16.9 Å². The van der Waals surface area contributed by atoms with E-state index in [1.807, 2.05) is 0 Å². The average Bonchev–Trinajstić information content (AvgIpc) is 2.75. The van der Waals surface area contributed by atoms with Gasteiger partial charge in [0.2, 0.25) is 0 Å². The first-order valence-electron chi connectivity index (χ1n) is 6.06. The van der Waals surface area contributed by atoms with E-state index in [-0.39, 0.29) is 0 Å². The molecule has 3 N–H and O–H groups in total. The summed E-state index contributed by atoms with van der Waals surface area (Å²) < 4.78 is 1.79. The Kier molecular flexibility index (Phi) is 5.23. The van der Waals surface area contributed by atoms with Crippen molar-refractivity contribution in [1.29, 1.82) is 0 Å². The molecule has 0 aliphatic rings. The molecule has 2 heterocycles. The van der Waals surface area contributed by atoms with Gasteiger partial charge in [-0.2, -0.15) is 5.10 Å². The van der Waals surface area contributed by atoms with Crippen LogP contribution in [0.15, 0.2) is 18.5 Å². The number of aromatic nitrogens is 3. The minimum absolute atomic E-state index is 0.417. The number of nitrogens with zero attached hydrogens (tertiary/aromatic N) is 3. The number of hydrazine groups is 1. The minimum atomic E-state index is -0.457. The Morgan fingerprint density at radius 1 is 1.30 bits per heavy atom. The molecule has 0 radical (unpaired) electrons. The molecule has 0 saturated heterocycles. The van der Waals surface area contributed by atoms with Crippen molar-refractivity contribution in [3.8, 4) is 0 Å². The van der Waals surface area contributed by atoms with Crippen molar-refractivity contribution >= 4 is 34.8 Å². The Morgan fingerprint density at radius 2 is 2.05 bits per heavy atom. The van der Waals surface area contributed by atoms with E-state index in [9.17, 15) is 0 Å². The fraction of sp³-hybridized carbons (Fsp3) is 0.333. The van der Waals surface area contributed by atoms with Crippen molar-refractivity contribution in [2.24, 2.45) is 5.84 Å². The number of halogens is 3. The standard InChI is InChI=1S/C12H14Cl3N5/c1-2-3-20-12(9(15)6-18-20)11(19-16)10-8(14)4-7(13)5-17-10/h4-6,11,19H,2-3,16H2,1H3. The summed E-state index contributed by atoms with van der Waals surface area (Å²) in [6, 6.07) is 1.16. The van der Waals surface area contributed by atoms with Crippen LogP contribution in [0.4, 0.5) is 0 Å². The van der Waals surface area contributed by atoms with Crippen LogP contribution in [0.5, 0.6) is 0 Å². The molecular formula is C12H14Cl3N5. The molecule has 0 fully saturated rings. The second-order valence-corrected chi connectivity index (χ2v) is 5.47. The van der Waals surface area contributed by atoms with Crippen molar-refractivity contribution in [3.63, 3.8) is 0 Å². The molecule has 20 heavy (non-hydrogen) atoms. The van der Waals surface area contributed by atoms with Gasteiger partial charge in [0.05, 0.1) is 32.7 Å². The maximum Gasteiger partial charge on any atom is 0.108 e. The van der Waals surface area contributed by atoms with Gasteiger partial charge in [-0.25, -0.2) is 5.43 Å². The Morgan fingerprint density at radius 3 is 2.65 bits per heavy atom. The SMILES string of the molecule is CCCn1ncc(Cl)c1C(NN)c1ncc(Cl)cc1Cl. The molecule has 0 bridgehead atoms. The summed E-state index contributed by atoms with van der Waals surface area (Å²) in [5, 5.41) is 5.63. The molecular weight excluding hydrogens is 321 g/mol. The molecule has 2 aromatic heterocycles. The van der Waals surface area contributed by atoms with Crippen molar-refractivity contribution in [1.82, 2.24) is 20.2 Å². The first-order valence-corrected chi connectivity index (χ1v) is 7.20. The Bertz CT molecular complexity index is 599. The van der Waals surface area contributed by atoms with Crippen molar-refractivity contribution in [2.45, 2.75) is 25.9 Å². The van der Waals surface area contributed by atoms with E-state index in [0.29, 0.717) is 20.8 Å². The molecule has 5 nitrogen and oxygen atoms in total. The molecule has 2 aromatic rings. The Labute approximate surface area is 132 Å². The summed E-state index contributed by atoms with van der Waals surface area (Å²) in [5.41, 5.74) is 3.97. The van der Waals surface area contributed by atoms with Crippen LogP contribution in [0.2, 0.25) is 15.1 Å². The Balaban J connectivity index is 2.49. The number of pyridine rings is 1. The third-order valence-electron chi connectivity index (χ3n) is 2.82. The highest BCUT2D eigenvalue weighted by Gasteiger charge is 2.24. The van der Waals surface area contributed by atoms with Crippen molar-refractivity contribution < 1.29 is 0 Å². The number of nitrogens with one attached hydrogen (secondary N) is 1. The molecule has 0 amide bonds. The predicted octanol–water partition coefficient (Wildman–Crippen LogP) is 3.20. The number of nitrogens with two attached hydrogens (primary N) is 1. The second-order valence-electron chi connectivity index (χ2n) is 4.22. The van der Waals surface area contributed by atoms with Gasteiger partial charge < -0.3 is 0 Å². The summed E-state index contributed by atoms with van der Waals surface area (Å²) in [4.78, 5) is 4.24. The van der Waals surface area contributed by atoms with E-state index in [0.717, 1.165) is 18.7 Å². The fourth-order valence-corrected chi connectivity index (χ4v) is 2.71. The molecule has 0 aliphatic carbocycles. The van der Waals surface area contributed by atoms with Gasteiger partial charge in [-0.3, -0.25) is 15.5 Å². The first kappa shape index (κ1) is 15.5. The lowest BCUT2D eigenvalue weighted by molar-refractivity contribution is 0.515. The van der Waals surface area contributed by atoms with Gasteiger partial charge in [-0.15, -0.1) is 0 Å². The number of aryl methyl sites for hydroxylation is 1. The van der Waals surface area contributed by atoms with E-state index < -0.39 is 6.04 Å². The lowest BCUT2D eigenvalue weighted by atomic mass is 10.1. The molecule has 1 atom stereocenters. The quantitative estimate of drug-likeness (QED) is 0.651. The topological polar surface area (TPSA) is 68.8 Å². The highest BCUT2D eigenvalue weighted by Crippen LogP contribution is 2.31. The molecule has 0 spiro atoms. The average molecular weight is 335 g/mol. The van der Waals surface area contributed by atoms with Crippen LogP contribution in [0.1, 0.15) is 30.8 Å². The summed E-state index contributed by atoms with van der Waals surface area (Å²) in [6.45, 7) is 2.78. The summed E-state index contributed by atoms with van der Waals surface area (Å²) in [5.74, 6) is 5.66. The number of hydrogen-bond donors (Lipinski definition) is 2. The second kappa shape index (κ2) is 6.74. The zero-order valence-corrected chi connectivity index (χ0v) is 13.0. The maximum absolute atomic E-state index is 6.21. The highest BCUT2D eigenvalue weighted by molar-refractivity contribution is 6.35. The highest BCUT2D eigenvalue weighted by atomic mass is 35.5. The minimum Gasteiger partial charge on any atom is -0.270 e. The molecule has 2 rings (SSSR count). The molecule has 108 valence electrons. The van der Waals surface area contributed by atoms with E-state index in [2.05, 4.69) is 22.4 Å². The van der Waals surface area contributed by atoms with E-state index in [1.165, 1.54) is 6.20 Å². The lowest BCUT2D eigenvalue weighted by Gasteiger charge is -2.19. The monoisotopic (exact) mass is 333 g/mol. The van der Waals surface area contributed by atoms with Gasteiger partial charge >= 0.3 is 0 Å². The zero-order valence-electron chi connectivity index (χ0n) is 10.8. The maximum atomic E-state index is 6.21. The first-order chi connectivity index (χ1) is 9.58. The van der Waals surface area contributed by atoms with Gasteiger partial charge in [0.15, 0.2) is 0 Å². The molecule has 0 aromatic carbocycles. The third-order valence-corrected chi connectivity index (χ3v) is 3.62. The van der Waals surface area contributed by atoms with Gasteiger partial charge in [-0.1, -0.05) is 41.7 Å². The summed E-state index contributed by atoms with van der Waals surface area (Å²) in [6.07, 6.45) is 4.02. The van der Waals surface area contributed by atoms with Crippen molar-refractivity contribution in [3.05, 3.63) is 44.9 Å². The largest absolute Gasteiger partial charge is 0.270 e. The summed E-state index contributed by atoms with van der Waals surface area (Å²) in [7, 11) is 0. The molecule has 0 aliphatic heterocycles. The molecule has 8 heteroatoms. The zero-order chi connectivity index (χ0) is 14.7. The van der Waals surface area contributed by atoms with Gasteiger partial charge in [0, 0.05) is 12.7 Å². The third kappa shape index (κ3) is 3.07. The number of rotatable bonds is 5. The van der Waals surface area contributed by atoms with E-state index in [4.69, 9.17) is 40.6 Å². The van der Waals surface area contributed by atoms with Crippen LogP contribution < -0.4 is 11.3 Å². The summed E-state index contributed by atoms with van der Waals surface area (Å²) >= 11 is 18.3. The normalized spacial score (nSPS) is 12.7. The van der Waals surface area contributed by atoms with Gasteiger partial charge in [0.1, 0.15) is 6.04 Å². The van der Waals surface area contributed by atoms with Crippen molar-refractivity contribution in [2.75, 3.05) is 0 Å². The lowest BCUT2D eigenvalue weighted by Crippen LogP contribution is -2.32. The van der Waals surface area contributed by atoms with Crippen LogP contribution in [-0.4, -0.2) is 14.8 Å². The number of hydrogen-bond acceptors (Lipinski definition) is 4. The smallest absolute Gasteiger partial charge is 0.108 e. The molecule has 1 unspecified atom stereocenters. The van der Waals surface area contributed by atoms with Crippen LogP contribution >= 0.6 is 34.8 Å². The molecule has 0 saturated carbocycles. The fourth-order valence-electron chi connectivity index (χ4n) is 1.97. The van der Waals surface area contributed by atoms with Gasteiger partial charge in [-0.05, 0) is 12.5 Å². The van der Waals surface area contributed by atoms with Gasteiger partial charge in [0.25, 0.3) is 0 Å². The van der Waals surface area contributed by atoms with Crippen LogP contribution in [0, 0.1) is 0 Å². The van der Waals surface area contributed by atoms with Crippen LogP contribution in [-0.2, 0) is 6.54 Å².